The number of carbonyl (C=O) groups excluding carboxylic acids is 1. The zero-order valence-corrected chi connectivity index (χ0v) is 18.3. The number of aliphatic hydroxyl groups excluding tert-OH is 1. The number of aromatic nitrogens is 3. The molecule has 10 heteroatoms. The number of hydrogen-bond donors (Lipinski definition) is 3. The molecule has 0 unspecified atom stereocenters. The zero-order chi connectivity index (χ0) is 24.9. The summed E-state index contributed by atoms with van der Waals surface area (Å²) in [5.74, 6) is -3.76. The predicted molar refractivity (Wildman–Crippen MR) is 125 cm³/mol. The van der Waals surface area contributed by atoms with Crippen LogP contribution in [0.4, 0.5) is 10.1 Å². The van der Waals surface area contributed by atoms with Crippen molar-refractivity contribution in [2.75, 3.05) is 5.32 Å². The predicted octanol–water partition coefficient (Wildman–Crippen LogP) is 3.01. The topological polar surface area (TPSA) is 134 Å². The monoisotopic (exact) mass is 476 g/mol. The lowest BCUT2D eigenvalue weighted by Gasteiger charge is -2.20. The smallest absolute Gasteiger partial charge is 0.309 e. The highest BCUT2D eigenvalue weighted by Gasteiger charge is 2.28. The van der Waals surface area contributed by atoms with Gasteiger partial charge in [-0.2, -0.15) is 0 Å². The van der Waals surface area contributed by atoms with Crippen molar-refractivity contribution in [3.05, 3.63) is 100 Å². The zero-order valence-electron chi connectivity index (χ0n) is 18.3. The molecule has 35 heavy (non-hydrogen) atoms. The number of aryl methyl sites for hydroxylation is 1. The molecule has 1 amide bonds. The normalized spacial score (nSPS) is 12.7. The number of carboxylic acids is 1. The first-order valence-corrected chi connectivity index (χ1v) is 10.7. The Morgan fingerprint density at radius 2 is 1.69 bits per heavy atom. The van der Waals surface area contributed by atoms with Crippen molar-refractivity contribution in [1.82, 2.24) is 15.0 Å². The molecule has 0 bridgehead atoms. The Hall–Kier alpha value is -4.44. The summed E-state index contributed by atoms with van der Waals surface area (Å²) in [5.41, 5.74) is 0.571. The second-order valence-electron chi connectivity index (χ2n) is 7.87. The third kappa shape index (κ3) is 5.22. The maximum atomic E-state index is 13.8. The highest BCUT2D eigenvalue weighted by Crippen LogP contribution is 2.27. The van der Waals surface area contributed by atoms with E-state index in [2.05, 4.69) is 15.6 Å². The van der Waals surface area contributed by atoms with Gasteiger partial charge in [-0.1, -0.05) is 41.6 Å². The highest BCUT2D eigenvalue weighted by atomic mass is 19.1. The summed E-state index contributed by atoms with van der Waals surface area (Å²) in [6, 6.07) is 18.1. The molecule has 4 aromatic rings. The highest BCUT2D eigenvalue weighted by molar-refractivity contribution is 6.04. The van der Waals surface area contributed by atoms with Gasteiger partial charge in [-0.3, -0.25) is 14.4 Å². The van der Waals surface area contributed by atoms with E-state index in [0.29, 0.717) is 22.2 Å². The number of carbonyl (C=O) groups is 2. The quantitative estimate of drug-likeness (QED) is 0.356. The van der Waals surface area contributed by atoms with Gasteiger partial charge < -0.3 is 15.5 Å². The number of aliphatic hydroxyl groups is 1. The molecule has 0 aliphatic rings. The van der Waals surface area contributed by atoms with Crippen LogP contribution >= 0.6 is 0 Å². The average molecular weight is 476 g/mol. The molecule has 0 aliphatic carbocycles. The Morgan fingerprint density at radius 1 is 1.00 bits per heavy atom. The minimum atomic E-state index is -1.38. The van der Waals surface area contributed by atoms with E-state index < -0.39 is 35.3 Å². The van der Waals surface area contributed by atoms with Crippen LogP contribution in [0.1, 0.15) is 28.4 Å². The van der Waals surface area contributed by atoms with E-state index in [-0.39, 0.29) is 18.5 Å². The van der Waals surface area contributed by atoms with Gasteiger partial charge in [0.2, 0.25) is 0 Å². The number of amides is 1. The largest absolute Gasteiger partial charge is 0.481 e. The maximum Gasteiger partial charge on any atom is 0.309 e. The van der Waals surface area contributed by atoms with Crippen LogP contribution in [-0.2, 0) is 11.3 Å². The fraction of sp³-hybridized carbons (Fsp3) is 0.160. The molecule has 1 aromatic heterocycles. The molecule has 0 spiro atoms. The number of anilines is 1. The van der Waals surface area contributed by atoms with Crippen LogP contribution < -0.4 is 10.9 Å². The van der Waals surface area contributed by atoms with E-state index in [4.69, 9.17) is 0 Å². The van der Waals surface area contributed by atoms with Gasteiger partial charge in [-0.05, 0) is 48.4 Å². The second-order valence-corrected chi connectivity index (χ2v) is 7.87. The standard InChI is InChI=1S/C25H21FN4O5/c26-20-7-3-1-5-17(20)23(32)27-16-11-9-15(10-12-16)22(31)19(25(34)35)13-14-30-24(33)18-6-2-4-8-21(18)28-29-30/h1-12,19,22,31H,13-14H2,(H,27,32)(H,34,35)/t19-,22+/m0/s1. The summed E-state index contributed by atoms with van der Waals surface area (Å²) in [6.07, 6.45) is -1.46. The Balaban J connectivity index is 1.45. The number of rotatable bonds is 8. The number of benzene rings is 3. The molecule has 0 saturated heterocycles. The fourth-order valence-electron chi connectivity index (χ4n) is 3.69. The molecule has 1 heterocycles. The molecular formula is C25H21FN4O5. The second kappa shape index (κ2) is 10.2. The third-order valence-electron chi connectivity index (χ3n) is 5.61. The number of hydrogen-bond acceptors (Lipinski definition) is 6. The van der Waals surface area contributed by atoms with Crippen LogP contribution in [0.3, 0.4) is 0 Å². The SMILES string of the molecule is O=C(Nc1ccc([C@@H](O)[C@H](CCn2nnc3ccccc3c2=O)C(=O)O)cc1)c1ccccc1F. The van der Waals surface area contributed by atoms with Gasteiger partial charge in [0.25, 0.3) is 11.5 Å². The number of aliphatic carboxylic acids is 1. The first-order valence-electron chi connectivity index (χ1n) is 10.7. The van der Waals surface area contributed by atoms with Crippen molar-refractivity contribution in [1.29, 1.82) is 0 Å². The van der Waals surface area contributed by atoms with Crippen LogP contribution in [0.2, 0.25) is 0 Å². The van der Waals surface area contributed by atoms with Crippen LogP contribution in [0.15, 0.2) is 77.6 Å². The van der Waals surface area contributed by atoms with Crippen molar-refractivity contribution < 1.29 is 24.2 Å². The van der Waals surface area contributed by atoms with Gasteiger partial charge in [0, 0.05) is 12.2 Å². The van der Waals surface area contributed by atoms with Crippen LogP contribution in [0, 0.1) is 11.7 Å². The Bertz CT molecular complexity index is 1440. The molecule has 3 aromatic carbocycles. The van der Waals surface area contributed by atoms with Crippen molar-refractivity contribution in [2.45, 2.75) is 19.1 Å². The van der Waals surface area contributed by atoms with E-state index in [9.17, 15) is 29.0 Å². The molecular weight excluding hydrogens is 455 g/mol. The van der Waals surface area contributed by atoms with Crippen molar-refractivity contribution in [3.8, 4) is 0 Å². The Kier molecular flexibility index (Phi) is 6.93. The molecule has 4 rings (SSSR count). The number of nitrogens with one attached hydrogen (secondary N) is 1. The van der Waals surface area contributed by atoms with Crippen molar-refractivity contribution in [2.24, 2.45) is 5.92 Å². The van der Waals surface area contributed by atoms with E-state index in [1.807, 2.05) is 0 Å². The number of nitrogens with zero attached hydrogens (tertiary/aromatic N) is 3. The summed E-state index contributed by atoms with van der Waals surface area (Å²) in [6.45, 7) is -0.0541. The van der Waals surface area contributed by atoms with Crippen LogP contribution in [0.5, 0.6) is 0 Å². The van der Waals surface area contributed by atoms with Gasteiger partial charge >= 0.3 is 5.97 Å². The lowest BCUT2D eigenvalue weighted by Crippen LogP contribution is -2.29. The van der Waals surface area contributed by atoms with Crippen molar-refractivity contribution in [3.63, 3.8) is 0 Å². The molecule has 0 fully saturated rings. The van der Waals surface area contributed by atoms with E-state index in [0.717, 1.165) is 4.68 Å². The number of halogens is 1. The third-order valence-corrected chi connectivity index (χ3v) is 5.61. The van der Waals surface area contributed by atoms with Crippen LogP contribution in [0.25, 0.3) is 10.9 Å². The number of fused-ring (bicyclic) bond motifs is 1. The summed E-state index contributed by atoms with van der Waals surface area (Å²) in [4.78, 5) is 36.7. The van der Waals surface area contributed by atoms with Gasteiger partial charge in [0.05, 0.1) is 23.0 Å². The lowest BCUT2D eigenvalue weighted by molar-refractivity contribution is -0.146. The Labute approximate surface area is 198 Å². The minimum absolute atomic E-state index is 0.0541. The summed E-state index contributed by atoms with van der Waals surface area (Å²) in [7, 11) is 0. The molecule has 2 atom stereocenters. The van der Waals surface area contributed by atoms with Crippen LogP contribution in [-0.4, -0.2) is 37.1 Å². The van der Waals surface area contributed by atoms with Crippen molar-refractivity contribution >= 4 is 28.5 Å². The molecule has 0 radical (unpaired) electrons. The molecule has 9 nitrogen and oxygen atoms in total. The molecule has 0 saturated carbocycles. The van der Waals surface area contributed by atoms with Gasteiger partial charge in [-0.15, -0.1) is 5.10 Å². The molecule has 0 aliphatic heterocycles. The van der Waals surface area contributed by atoms with Gasteiger partial charge in [0.15, 0.2) is 0 Å². The van der Waals surface area contributed by atoms with E-state index >= 15 is 0 Å². The summed E-state index contributed by atoms with van der Waals surface area (Å²) < 4.78 is 14.9. The fourth-order valence-corrected chi connectivity index (χ4v) is 3.69. The molecule has 3 N–H and O–H groups in total. The summed E-state index contributed by atoms with van der Waals surface area (Å²) in [5, 5.41) is 31.1. The average Bonchev–Trinajstić information content (AvgIpc) is 2.86. The van der Waals surface area contributed by atoms with Gasteiger partial charge in [0.1, 0.15) is 11.3 Å². The van der Waals surface area contributed by atoms with Gasteiger partial charge in [-0.25, -0.2) is 9.07 Å². The lowest BCUT2D eigenvalue weighted by atomic mass is 9.92. The van der Waals surface area contributed by atoms with E-state index in [1.165, 1.54) is 42.5 Å². The molecule has 178 valence electrons. The number of carboxylic acid groups (broad SMARTS) is 1. The first kappa shape index (κ1) is 23.7. The maximum absolute atomic E-state index is 13.8. The van der Waals surface area contributed by atoms with E-state index in [1.54, 1.807) is 30.3 Å². The first-order chi connectivity index (χ1) is 16.8. The minimum Gasteiger partial charge on any atom is -0.481 e. The summed E-state index contributed by atoms with van der Waals surface area (Å²) >= 11 is 0. The Morgan fingerprint density at radius 3 is 2.40 bits per heavy atom.